The predicted octanol–water partition coefficient (Wildman–Crippen LogP) is 0.269. The largest absolute Gasteiger partial charge is 0.465 e. The van der Waals surface area contributed by atoms with Crippen molar-refractivity contribution in [2.75, 3.05) is 32.2 Å². The van der Waals surface area contributed by atoms with E-state index in [0.717, 1.165) is 18.1 Å². The average molecular weight is 299 g/mol. The zero-order valence-electron chi connectivity index (χ0n) is 11.4. The van der Waals surface area contributed by atoms with E-state index in [1.54, 1.807) is 7.11 Å². The number of rotatable bonds is 5. The van der Waals surface area contributed by atoms with E-state index in [-0.39, 0.29) is 18.1 Å². The van der Waals surface area contributed by atoms with E-state index in [2.05, 4.69) is 15.0 Å². The fraction of sp³-hybridized carbons (Fsp3) is 0.583. The lowest BCUT2D eigenvalue weighted by Gasteiger charge is -2.37. The molecule has 1 saturated heterocycles. The van der Waals surface area contributed by atoms with Crippen LogP contribution in [0.3, 0.4) is 0 Å². The van der Waals surface area contributed by atoms with Crippen LogP contribution in [0.25, 0.3) is 0 Å². The fourth-order valence-corrected chi connectivity index (χ4v) is 3.08. The predicted molar refractivity (Wildman–Crippen MR) is 74.1 cm³/mol. The summed E-state index contributed by atoms with van der Waals surface area (Å²) < 4.78 is 10.1. The first-order valence-corrected chi connectivity index (χ1v) is 7.02. The van der Waals surface area contributed by atoms with E-state index in [1.165, 1.54) is 24.6 Å². The summed E-state index contributed by atoms with van der Waals surface area (Å²) in [6.45, 7) is 1.37. The SMILES string of the molecule is COC(=O)c1cnc(N2CCC(NC=O)C(OC)C2)s1. The Balaban J connectivity index is 2.05. The highest BCUT2D eigenvalue weighted by Gasteiger charge is 2.30. The van der Waals surface area contributed by atoms with Crippen molar-refractivity contribution in [2.24, 2.45) is 0 Å². The number of aromatic nitrogens is 1. The van der Waals surface area contributed by atoms with Crippen molar-refractivity contribution >= 4 is 28.8 Å². The van der Waals surface area contributed by atoms with Gasteiger partial charge in [0.2, 0.25) is 6.41 Å². The van der Waals surface area contributed by atoms with Crippen LogP contribution in [-0.2, 0) is 14.3 Å². The number of amides is 1. The lowest BCUT2D eigenvalue weighted by Crippen LogP contribution is -2.53. The van der Waals surface area contributed by atoms with Crippen LogP contribution in [0.5, 0.6) is 0 Å². The van der Waals surface area contributed by atoms with Gasteiger partial charge in [0.1, 0.15) is 4.88 Å². The summed E-state index contributed by atoms with van der Waals surface area (Å²) in [4.78, 5) is 28.8. The molecule has 0 aliphatic carbocycles. The molecule has 2 heterocycles. The van der Waals surface area contributed by atoms with E-state index in [0.29, 0.717) is 17.8 Å². The number of piperidine rings is 1. The maximum Gasteiger partial charge on any atom is 0.349 e. The van der Waals surface area contributed by atoms with Crippen LogP contribution in [-0.4, -0.2) is 56.8 Å². The van der Waals surface area contributed by atoms with E-state index < -0.39 is 0 Å². The third kappa shape index (κ3) is 3.07. The second-order valence-electron chi connectivity index (χ2n) is 4.40. The first kappa shape index (κ1) is 14.7. The number of nitrogens with zero attached hydrogens (tertiary/aromatic N) is 2. The summed E-state index contributed by atoms with van der Waals surface area (Å²) >= 11 is 1.29. The number of carbonyl (C=O) groups excluding carboxylic acids is 2. The Bertz CT molecular complexity index is 479. The van der Waals surface area contributed by atoms with E-state index in [9.17, 15) is 9.59 Å². The first-order valence-electron chi connectivity index (χ1n) is 6.21. The van der Waals surface area contributed by atoms with Gasteiger partial charge < -0.3 is 19.7 Å². The Kier molecular flexibility index (Phi) is 4.91. The molecule has 0 saturated carbocycles. The van der Waals surface area contributed by atoms with Crippen molar-refractivity contribution in [3.8, 4) is 0 Å². The van der Waals surface area contributed by atoms with Gasteiger partial charge in [0.05, 0.1) is 25.5 Å². The highest BCUT2D eigenvalue weighted by molar-refractivity contribution is 7.17. The molecule has 20 heavy (non-hydrogen) atoms. The third-order valence-corrected chi connectivity index (χ3v) is 4.33. The zero-order chi connectivity index (χ0) is 14.5. The van der Waals surface area contributed by atoms with Gasteiger partial charge in [0.25, 0.3) is 0 Å². The van der Waals surface area contributed by atoms with Crippen LogP contribution < -0.4 is 10.2 Å². The molecule has 1 N–H and O–H groups in total. The maximum absolute atomic E-state index is 11.4. The number of thiazole rings is 1. The topological polar surface area (TPSA) is 80.8 Å². The van der Waals surface area contributed by atoms with Crippen LogP contribution in [0.4, 0.5) is 5.13 Å². The van der Waals surface area contributed by atoms with Crippen molar-refractivity contribution in [1.29, 1.82) is 0 Å². The minimum absolute atomic E-state index is 0.00814. The zero-order valence-corrected chi connectivity index (χ0v) is 12.2. The van der Waals surface area contributed by atoms with E-state index >= 15 is 0 Å². The molecule has 1 amide bonds. The third-order valence-electron chi connectivity index (χ3n) is 3.29. The number of esters is 1. The highest BCUT2D eigenvalue weighted by atomic mass is 32.1. The number of ether oxygens (including phenoxy) is 2. The lowest BCUT2D eigenvalue weighted by atomic mass is 10.0. The summed E-state index contributed by atoms with van der Waals surface area (Å²) in [5.74, 6) is -0.380. The van der Waals surface area contributed by atoms with Crippen molar-refractivity contribution in [3.63, 3.8) is 0 Å². The standard InChI is InChI=1S/C12H17N3O4S/c1-18-9-6-15(4-3-8(9)14-7-16)12-13-5-10(20-12)11(17)19-2/h5,7-9H,3-4,6H2,1-2H3,(H,14,16). The fourth-order valence-electron chi connectivity index (χ4n) is 2.21. The molecule has 0 aromatic carbocycles. The summed E-state index contributed by atoms with van der Waals surface area (Å²) in [6.07, 6.45) is 2.89. The Morgan fingerprint density at radius 1 is 1.60 bits per heavy atom. The molecule has 2 rings (SSSR count). The normalized spacial score (nSPS) is 22.4. The van der Waals surface area contributed by atoms with Gasteiger partial charge >= 0.3 is 5.97 Å². The van der Waals surface area contributed by atoms with Crippen LogP contribution in [0.1, 0.15) is 16.1 Å². The average Bonchev–Trinajstić information content (AvgIpc) is 2.97. The second kappa shape index (κ2) is 6.67. The highest BCUT2D eigenvalue weighted by Crippen LogP contribution is 2.26. The van der Waals surface area contributed by atoms with Gasteiger partial charge in [-0.2, -0.15) is 0 Å². The quantitative estimate of drug-likeness (QED) is 0.621. The molecular weight excluding hydrogens is 282 g/mol. The van der Waals surface area contributed by atoms with Gasteiger partial charge in [-0.05, 0) is 6.42 Å². The Hall–Kier alpha value is -1.67. The first-order chi connectivity index (χ1) is 9.69. The number of carbonyl (C=O) groups is 2. The summed E-state index contributed by atoms with van der Waals surface area (Å²) in [5.41, 5.74) is 0. The Morgan fingerprint density at radius 3 is 3.05 bits per heavy atom. The lowest BCUT2D eigenvalue weighted by molar-refractivity contribution is -0.111. The van der Waals surface area contributed by atoms with Gasteiger partial charge in [-0.15, -0.1) is 0 Å². The molecule has 7 nitrogen and oxygen atoms in total. The van der Waals surface area contributed by atoms with Crippen LogP contribution in [0.15, 0.2) is 6.20 Å². The van der Waals surface area contributed by atoms with Gasteiger partial charge in [0, 0.05) is 20.2 Å². The number of hydrogen-bond donors (Lipinski definition) is 1. The van der Waals surface area contributed by atoms with Crippen LogP contribution in [0, 0.1) is 0 Å². The van der Waals surface area contributed by atoms with Gasteiger partial charge in [-0.25, -0.2) is 9.78 Å². The molecule has 0 spiro atoms. The molecule has 110 valence electrons. The van der Waals surface area contributed by atoms with Gasteiger partial charge in [-0.3, -0.25) is 4.79 Å². The smallest absolute Gasteiger partial charge is 0.349 e. The second-order valence-corrected chi connectivity index (χ2v) is 5.41. The number of methoxy groups -OCH3 is 2. The molecule has 1 aromatic rings. The van der Waals surface area contributed by atoms with Gasteiger partial charge in [-0.1, -0.05) is 11.3 Å². The molecule has 1 aliphatic rings. The van der Waals surface area contributed by atoms with E-state index in [1.807, 2.05) is 4.90 Å². The number of anilines is 1. The number of nitrogens with one attached hydrogen (secondary N) is 1. The van der Waals surface area contributed by atoms with Crippen LogP contribution >= 0.6 is 11.3 Å². The number of hydrogen-bond acceptors (Lipinski definition) is 7. The summed E-state index contributed by atoms with van der Waals surface area (Å²) in [6, 6.07) is 0.00814. The Morgan fingerprint density at radius 2 is 2.40 bits per heavy atom. The van der Waals surface area contributed by atoms with Crippen LogP contribution in [0.2, 0.25) is 0 Å². The molecule has 2 unspecified atom stereocenters. The van der Waals surface area contributed by atoms with Crippen molar-refractivity contribution in [1.82, 2.24) is 10.3 Å². The minimum Gasteiger partial charge on any atom is -0.465 e. The molecule has 1 aromatic heterocycles. The molecule has 2 atom stereocenters. The minimum atomic E-state index is -0.380. The molecule has 1 fully saturated rings. The molecule has 0 radical (unpaired) electrons. The maximum atomic E-state index is 11.4. The molecule has 1 aliphatic heterocycles. The van der Waals surface area contributed by atoms with Gasteiger partial charge in [0.15, 0.2) is 5.13 Å². The summed E-state index contributed by atoms with van der Waals surface area (Å²) in [5, 5.41) is 3.53. The Labute approximate surface area is 120 Å². The molecule has 8 heteroatoms. The molecule has 0 bridgehead atoms. The summed E-state index contributed by atoms with van der Waals surface area (Å²) in [7, 11) is 2.97. The van der Waals surface area contributed by atoms with Crippen molar-refractivity contribution in [2.45, 2.75) is 18.6 Å². The van der Waals surface area contributed by atoms with Crippen molar-refractivity contribution < 1.29 is 19.1 Å². The van der Waals surface area contributed by atoms with E-state index in [4.69, 9.17) is 4.74 Å². The monoisotopic (exact) mass is 299 g/mol. The van der Waals surface area contributed by atoms with Crippen molar-refractivity contribution in [3.05, 3.63) is 11.1 Å². The molecular formula is C12H17N3O4S.